The Bertz CT molecular complexity index is 109. The maximum absolute atomic E-state index is 5.06. The lowest BCUT2D eigenvalue weighted by atomic mass is 9.94. The number of hydrogen-bond donors (Lipinski definition) is 0. The van der Waals surface area contributed by atoms with E-state index < -0.39 is 0 Å². The van der Waals surface area contributed by atoms with Gasteiger partial charge in [-0.25, -0.2) is 0 Å². The van der Waals surface area contributed by atoms with Crippen molar-refractivity contribution < 1.29 is 4.74 Å². The summed E-state index contributed by atoms with van der Waals surface area (Å²) in [5.41, 5.74) is 0. The van der Waals surface area contributed by atoms with Gasteiger partial charge in [0.25, 0.3) is 0 Å². The number of methoxy groups -OCH3 is 1. The van der Waals surface area contributed by atoms with Crippen LogP contribution in [-0.4, -0.2) is 38.3 Å². The van der Waals surface area contributed by atoms with Gasteiger partial charge in [-0.15, -0.1) is 0 Å². The van der Waals surface area contributed by atoms with Crippen LogP contribution in [-0.2, 0) is 4.74 Å². The zero-order valence-corrected chi connectivity index (χ0v) is 10.4. The van der Waals surface area contributed by atoms with Gasteiger partial charge in [0.2, 0.25) is 0 Å². The molecule has 1 aliphatic heterocycles. The highest BCUT2D eigenvalue weighted by atomic mass is 16.5. The van der Waals surface area contributed by atoms with Crippen molar-refractivity contribution in [2.24, 2.45) is 5.92 Å². The van der Waals surface area contributed by atoms with Crippen LogP contribution < -0.4 is 0 Å². The number of ether oxygens (including phenoxy) is 1. The minimum Gasteiger partial charge on any atom is -0.383 e. The van der Waals surface area contributed by atoms with Crippen molar-refractivity contribution in [1.82, 2.24) is 4.90 Å². The normalized spacial score (nSPS) is 18.9. The predicted octanol–water partition coefficient (Wildman–Crippen LogP) is 2.78. The van der Waals surface area contributed by atoms with Gasteiger partial charge in [0.15, 0.2) is 0 Å². The summed E-state index contributed by atoms with van der Waals surface area (Å²) >= 11 is 0. The Morgan fingerprint density at radius 1 is 1.21 bits per heavy atom. The molecule has 0 aromatic heterocycles. The molecule has 0 unspecified atom stereocenters. The molecule has 0 aromatic rings. The van der Waals surface area contributed by atoms with Crippen LogP contribution in [0.2, 0.25) is 0 Å². The third-order valence-electron chi connectivity index (χ3n) is 2.90. The third kappa shape index (κ3) is 5.61. The maximum atomic E-state index is 5.06. The second-order valence-electron chi connectivity index (χ2n) is 3.69. The van der Waals surface area contributed by atoms with Gasteiger partial charge in [0.05, 0.1) is 6.61 Å². The van der Waals surface area contributed by atoms with Crippen LogP contribution in [0.1, 0.15) is 40.0 Å². The molecule has 0 aliphatic carbocycles. The number of likely N-dealkylation sites (tertiary alicyclic amines) is 1. The summed E-state index contributed by atoms with van der Waals surface area (Å²) in [5.74, 6) is 0.990. The third-order valence-corrected chi connectivity index (χ3v) is 2.90. The lowest BCUT2D eigenvalue weighted by Gasteiger charge is -2.31. The van der Waals surface area contributed by atoms with Crippen LogP contribution in [0.25, 0.3) is 0 Å². The lowest BCUT2D eigenvalue weighted by molar-refractivity contribution is 0.119. The summed E-state index contributed by atoms with van der Waals surface area (Å²) in [5, 5.41) is 0. The Morgan fingerprint density at radius 2 is 1.79 bits per heavy atom. The van der Waals surface area contributed by atoms with Crippen molar-refractivity contribution >= 4 is 0 Å². The quantitative estimate of drug-likeness (QED) is 0.693. The fraction of sp³-hybridized carbons (Fsp3) is 1.00. The van der Waals surface area contributed by atoms with Crippen molar-refractivity contribution in [3.05, 3.63) is 0 Å². The number of piperidine rings is 1. The zero-order valence-electron chi connectivity index (χ0n) is 10.4. The van der Waals surface area contributed by atoms with Crippen LogP contribution in [0.3, 0.4) is 0 Å². The smallest absolute Gasteiger partial charge is 0.0589 e. The van der Waals surface area contributed by atoms with E-state index in [-0.39, 0.29) is 0 Å². The maximum Gasteiger partial charge on any atom is 0.0589 e. The van der Waals surface area contributed by atoms with Crippen molar-refractivity contribution in [3.8, 4) is 0 Å². The average Bonchev–Trinajstić information content (AvgIpc) is 2.30. The summed E-state index contributed by atoms with van der Waals surface area (Å²) in [4.78, 5) is 2.51. The molecule has 1 aliphatic rings. The molecule has 1 saturated heterocycles. The van der Waals surface area contributed by atoms with Crippen molar-refractivity contribution in [3.63, 3.8) is 0 Å². The number of hydrogen-bond acceptors (Lipinski definition) is 2. The SMILES string of the molecule is CC.CCC1CCN(CCOC)CC1. The Balaban J connectivity index is 0.000000791. The minimum absolute atomic E-state index is 0.886. The van der Waals surface area contributed by atoms with Crippen molar-refractivity contribution in [1.29, 1.82) is 0 Å². The van der Waals surface area contributed by atoms with Crippen molar-refractivity contribution in [2.45, 2.75) is 40.0 Å². The van der Waals surface area contributed by atoms with E-state index in [1.807, 2.05) is 13.8 Å². The molecule has 0 amide bonds. The first-order valence-corrected chi connectivity index (χ1v) is 6.08. The highest BCUT2D eigenvalue weighted by Crippen LogP contribution is 2.19. The van der Waals surface area contributed by atoms with Crippen LogP contribution in [0.4, 0.5) is 0 Å². The topological polar surface area (TPSA) is 12.5 Å². The Kier molecular flexibility index (Phi) is 9.42. The molecule has 0 atom stereocenters. The van der Waals surface area contributed by atoms with Crippen LogP contribution in [0.15, 0.2) is 0 Å². The van der Waals surface area contributed by atoms with E-state index in [0.29, 0.717) is 0 Å². The molecular weight excluding hydrogens is 174 g/mol. The van der Waals surface area contributed by atoms with Gasteiger partial charge in [-0.3, -0.25) is 0 Å². The zero-order chi connectivity index (χ0) is 10.8. The van der Waals surface area contributed by atoms with Gasteiger partial charge in [0.1, 0.15) is 0 Å². The largest absolute Gasteiger partial charge is 0.383 e. The molecule has 0 N–H and O–H groups in total. The Labute approximate surface area is 89.6 Å². The first-order chi connectivity index (χ1) is 6.86. The molecule has 2 nitrogen and oxygen atoms in total. The van der Waals surface area contributed by atoms with E-state index in [1.165, 1.54) is 32.4 Å². The second kappa shape index (κ2) is 9.47. The molecule has 2 heteroatoms. The molecule has 1 rings (SSSR count). The van der Waals surface area contributed by atoms with E-state index in [4.69, 9.17) is 4.74 Å². The van der Waals surface area contributed by atoms with Gasteiger partial charge < -0.3 is 9.64 Å². The van der Waals surface area contributed by atoms with Crippen LogP contribution in [0, 0.1) is 5.92 Å². The highest BCUT2D eigenvalue weighted by Gasteiger charge is 2.16. The fourth-order valence-corrected chi connectivity index (χ4v) is 1.84. The standard InChI is InChI=1S/C10H21NO.C2H6/c1-3-10-4-6-11(7-5-10)8-9-12-2;1-2/h10H,3-9H2,1-2H3;1-2H3. The number of nitrogens with zero attached hydrogens (tertiary/aromatic N) is 1. The van der Waals surface area contributed by atoms with Gasteiger partial charge >= 0.3 is 0 Å². The Hall–Kier alpha value is -0.0800. The second-order valence-corrected chi connectivity index (χ2v) is 3.69. The molecule has 0 radical (unpaired) electrons. The van der Waals surface area contributed by atoms with Crippen molar-refractivity contribution in [2.75, 3.05) is 33.4 Å². The van der Waals surface area contributed by atoms with Gasteiger partial charge in [-0.2, -0.15) is 0 Å². The van der Waals surface area contributed by atoms with Gasteiger partial charge in [-0.05, 0) is 31.8 Å². The summed E-state index contributed by atoms with van der Waals surface area (Å²) < 4.78 is 5.06. The summed E-state index contributed by atoms with van der Waals surface area (Å²) in [6.07, 6.45) is 4.14. The van der Waals surface area contributed by atoms with Crippen LogP contribution in [0.5, 0.6) is 0 Å². The van der Waals surface area contributed by atoms with E-state index in [9.17, 15) is 0 Å². The molecule has 14 heavy (non-hydrogen) atoms. The molecule has 0 aromatic carbocycles. The predicted molar refractivity (Wildman–Crippen MR) is 62.7 cm³/mol. The van der Waals surface area contributed by atoms with E-state index in [1.54, 1.807) is 7.11 Å². The molecular formula is C12H27NO. The average molecular weight is 201 g/mol. The fourth-order valence-electron chi connectivity index (χ4n) is 1.84. The summed E-state index contributed by atoms with van der Waals surface area (Å²) in [7, 11) is 1.78. The minimum atomic E-state index is 0.886. The van der Waals surface area contributed by atoms with E-state index in [2.05, 4.69) is 11.8 Å². The first kappa shape index (κ1) is 13.9. The Morgan fingerprint density at radius 3 is 2.21 bits per heavy atom. The summed E-state index contributed by atoms with van der Waals surface area (Å²) in [6, 6.07) is 0. The monoisotopic (exact) mass is 201 g/mol. The lowest BCUT2D eigenvalue weighted by Crippen LogP contribution is -2.35. The molecule has 86 valence electrons. The molecule has 0 bridgehead atoms. The van der Waals surface area contributed by atoms with Gasteiger partial charge in [-0.1, -0.05) is 27.2 Å². The highest BCUT2D eigenvalue weighted by molar-refractivity contribution is 4.70. The van der Waals surface area contributed by atoms with Gasteiger partial charge in [0, 0.05) is 13.7 Å². The molecule has 1 fully saturated rings. The van der Waals surface area contributed by atoms with E-state index >= 15 is 0 Å². The van der Waals surface area contributed by atoms with E-state index in [0.717, 1.165) is 19.1 Å². The first-order valence-electron chi connectivity index (χ1n) is 6.08. The number of rotatable bonds is 4. The molecule has 1 heterocycles. The molecule has 0 spiro atoms. The summed E-state index contributed by atoms with van der Waals surface area (Å²) in [6.45, 7) is 10.9. The molecule has 0 saturated carbocycles. The van der Waals surface area contributed by atoms with Crippen LogP contribution >= 0.6 is 0 Å².